The van der Waals surface area contributed by atoms with Gasteiger partial charge in [0.2, 0.25) is 0 Å². The molecule has 0 atom stereocenters. The third-order valence-corrected chi connectivity index (χ3v) is 3.15. The molecular weight excluding hydrogens is 316 g/mol. The molecule has 0 bridgehead atoms. The molecule has 0 aliphatic carbocycles. The number of hydrogen-bond acceptors (Lipinski definition) is 5. The van der Waals surface area contributed by atoms with E-state index < -0.39 is 11.5 Å². The van der Waals surface area contributed by atoms with Gasteiger partial charge in [0.15, 0.2) is 0 Å². The highest BCUT2D eigenvalue weighted by molar-refractivity contribution is 9.10. The van der Waals surface area contributed by atoms with Crippen LogP contribution in [0.1, 0.15) is 5.69 Å². The largest absolute Gasteiger partial charge is 0.468 e. The molecule has 1 aromatic heterocycles. The molecular formula is C12H11BrN2O4. The predicted molar refractivity (Wildman–Crippen MR) is 71.6 cm³/mol. The van der Waals surface area contributed by atoms with Crippen LogP contribution in [0.5, 0.6) is 0 Å². The summed E-state index contributed by atoms with van der Waals surface area (Å²) in [6.07, 6.45) is 0. The number of aliphatic hydroxyl groups is 1. The molecule has 6 nitrogen and oxygen atoms in total. The first-order valence-corrected chi connectivity index (χ1v) is 6.23. The standard InChI is InChI=1S/C12H11BrN2O4/c1-19-11(17)5-15-12(18)9-4-7(13)2-3-8(9)10(6-16)14-15/h2-4,16H,5-6H2,1H3. The average Bonchev–Trinajstić information content (AvgIpc) is 2.41. The fourth-order valence-electron chi connectivity index (χ4n) is 1.74. The van der Waals surface area contributed by atoms with Gasteiger partial charge >= 0.3 is 5.97 Å². The zero-order chi connectivity index (χ0) is 14.0. The van der Waals surface area contributed by atoms with E-state index in [-0.39, 0.29) is 13.2 Å². The Morgan fingerprint density at radius 1 is 1.47 bits per heavy atom. The number of benzene rings is 1. The van der Waals surface area contributed by atoms with E-state index in [1.54, 1.807) is 18.2 Å². The summed E-state index contributed by atoms with van der Waals surface area (Å²) in [5.74, 6) is -0.576. The Balaban J connectivity index is 2.70. The minimum atomic E-state index is -0.576. The highest BCUT2D eigenvalue weighted by Crippen LogP contribution is 2.19. The number of aromatic nitrogens is 2. The van der Waals surface area contributed by atoms with Crippen LogP contribution in [-0.4, -0.2) is 28.0 Å². The van der Waals surface area contributed by atoms with Crippen molar-refractivity contribution in [2.24, 2.45) is 0 Å². The molecule has 1 aromatic carbocycles. The van der Waals surface area contributed by atoms with Gasteiger partial charge < -0.3 is 9.84 Å². The summed E-state index contributed by atoms with van der Waals surface area (Å²) in [6.45, 7) is -0.607. The van der Waals surface area contributed by atoms with E-state index in [4.69, 9.17) is 0 Å². The molecule has 2 rings (SSSR count). The topological polar surface area (TPSA) is 81.4 Å². The molecule has 0 saturated heterocycles. The van der Waals surface area contributed by atoms with Crippen molar-refractivity contribution in [2.75, 3.05) is 7.11 Å². The second-order valence-corrected chi connectivity index (χ2v) is 4.75. The third-order valence-electron chi connectivity index (χ3n) is 2.66. The van der Waals surface area contributed by atoms with Crippen molar-refractivity contribution in [1.82, 2.24) is 9.78 Å². The first-order valence-electron chi connectivity index (χ1n) is 5.43. The SMILES string of the molecule is COC(=O)Cn1nc(CO)c2ccc(Br)cc2c1=O. The number of fused-ring (bicyclic) bond motifs is 1. The minimum absolute atomic E-state index is 0.287. The van der Waals surface area contributed by atoms with Crippen molar-refractivity contribution < 1.29 is 14.6 Å². The molecule has 0 radical (unpaired) electrons. The highest BCUT2D eigenvalue weighted by atomic mass is 79.9. The Morgan fingerprint density at radius 3 is 2.84 bits per heavy atom. The number of carbonyl (C=O) groups excluding carboxylic acids is 1. The second-order valence-electron chi connectivity index (χ2n) is 3.83. The number of carbonyl (C=O) groups is 1. The van der Waals surface area contributed by atoms with Crippen molar-refractivity contribution >= 4 is 32.7 Å². The Hall–Kier alpha value is -1.73. The van der Waals surface area contributed by atoms with Crippen LogP contribution >= 0.6 is 15.9 Å². The van der Waals surface area contributed by atoms with Gasteiger partial charge in [-0.3, -0.25) is 9.59 Å². The molecule has 0 aliphatic heterocycles. The summed E-state index contributed by atoms with van der Waals surface area (Å²) in [5.41, 5.74) is -0.0649. The Morgan fingerprint density at radius 2 is 2.21 bits per heavy atom. The molecule has 0 aliphatic rings. The normalized spacial score (nSPS) is 10.7. The Bertz CT molecular complexity index is 696. The smallest absolute Gasteiger partial charge is 0.327 e. The molecule has 19 heavy (non-hydrogen) atoms. The summed E-state index contributed by atoms with van der Waals surface area (Å²) < 4.78 is 6.23. The second kappa shape index (κ2) is 5.50. The number of halogens is 1. The first kappa shape index (κ1) is 13.7. The van der Waals surface area contributed by atoms with Crippen LogP contribution in [0.25, 0.3) is 10.8 Å². The third kappa shape index (κ3) is 2.66. The molecule has 0 fully saturated rings. The summed E-state index contributed by atoms with van der Waals surface area (Å²) in [4.78, 5) is 23.4. The van der Waals surface area contributed by atoms with Crippen molar-refractivity contribution in [1.29, 1.82) is 0 Å². The van der Waals surface area contributed by atoms with Gasteiger partial charge in [0.1, 0.15) is 6.54 Å². The van der Waals surface area contributed by atoms with E-state index in [1.807, 2.05) is 0 Å². The molecule has 0 saturated carbocycles. The van der Waals surface area contributed by atoms with Gasteiger partial charge in [-0.05, 0) is 12.1 Å². The summed E-state index contributed by atoms with van der Waals surface area (Å²) in [6, 6.07) is 5.08. The van der Waals surface area contributed by atoms with Crippen molar-refractivity contribution in [2.45, 2.75) is 13.2 Å². The number of nitrogens with zero attached hydrogens (tertiary/aromatic N) is 2. The number of aliphatic hydroxyl groups excluding tert-OH is 1. The lowest BCUT2D eigenvalue weighted by molar-refractivity contribution is -0.141. The number of ether oxygens (including phenoxy) is 1. The van der Waals surface area contributed by atoms with E-state index in [1.165, 1.54) is 7.11 Å². The molecule has 7 heteroatoms. The molecule has 0 amide bonds. The summed E-state index contributed by atoms with van der Waals surface area (Å²) >= 11 is 3.28. The molecule has 1 N–H and O–H groups in total. The van der Waals surface area contributed by atoms with Crippen LogP contribution in [0.15, 0.2) is 27.5 Å². The van der Waals surface area contributed by atoms with Gasteiger partial charge in [0, 0.05) is 9.86 Å². The van der Waals surface area contributed by atoms with Crippen LogP contribution in [0.3, 0.4) is 0 Å². The first-order chi connectivity index (χ1) is 9.06. The molecule has 1 heterocycles. The minimum Gasteiger partial charge on any atom is -0.468 e. The van der Waals surface area contributed by atoms with E-state index in [0.717, 1.165) is 9.15 Å². The maximum absolute atomic E-state index is 12.2. The quantitative estimate of drug-likeness (QED) is 0.845. The Labute approximate surface area is 116 Å². The molecule has 100 valence electrons. The monoisotopic (exact) mass is 326 g/mol. The fourth-order valence-corrected chi connectivity index (χ4v) is 2.10. The maximum atomic E-state index is 12.2. The van der Waals surface area contributed by atoms with Gasteiger partial charge in [-0.2, -0.15) is 5.10 Å². The van der Waals surface area contributed by atoms with Gasteiger partial charge in [0.25, 0.3) is 5.56 Å². The van der Waals surface area contributed by atoms with Gasteiger partial charge in [-0.1, -0.05) is 22.0 Å². The van der Waals surface area contributed by atoms with Gasteiger partial charge in [-0.25, -0.2) is 4.68 Å². The average molecular weight is 327 g/mol. The van der Waals surface area contributed by atoms with Crippen LogP contribution in [0, 0.1) is 0 Å². The lowest BCUT2D eigenvalue weighted by atomic mass is 10.1. The number of hydrogen-bond donors (Lipinski definition) is 1. The zero-order valence-corrected chi connectivity index (χ0v) is 11.7. The molecule has 0 spiro atoms. The van der Waals surface area contributed by atoms with Gasteiger partial charge in [-0.15, -0.1) is 0 Å². The van der Waals surface area contributed by atoms with E-state index in [2.05, 4.69) is 25.8 Å². The van der Waals surface area contributed by atoms with Crippen LogP contribution in [-0.2, 0) is 22.7 Å². The van der Waals surface area contributed by atoms with Gasteiger partial charge in [0.05, 0.1) is 24.8 Å². The van der Waals surface area contributed by atoms with E-state index in [0.29, 0.717) is 16.5 Å². The maximum Gasteiger partial charge on any atom is 0.327 e. The highest BCUT2D eigenvalue weighted by Gasteiger charge is 2.12. The number of esters is 1. The number of rotatable bonds is 3. The van der Waals surface area contributed by atoms with Crippen LogP contribution in [0.2, 0.25) is 0 Å². The van der Waals surface area contributed by atoms with E-state index >= 15 is 0 Å². The molecule has 2 aromatic rings. The lowest BCUT2D eigenvalue weighted by Crippen LogP contribution is -2.28. The van der Waals surface area contributed by atoms with Crippen molar-refractivity contribution in [3.8, 4) is 0 Å². The summed E-state index contributed by atoms with van der Waals surface area (Å²) in [7, 11) is 1.23. The Kier molecular flexibility index (Phi) is 3.96. The fraction of sp³-hybridized carbons (Fsp3) is 0.250. The van der Waals surface area contributed by atoms with Crippen LogP contribution in [0.4, 0.5) is 0 Å². The predicted octanol–water partition coefficient (Wildman–Crippen LogP) is 0.824. The zero-order valence-electron chi connectivity index (χ0n) is 10.1. The van der Waals surface area contributed by atoms with E-state index in [9.17, 15) is 14.7 Å². The molecule has 0 unspecified atom stereocenters. The lowest BCUT2D eigenvalue weighted by Gasteiger charge is -2.09. The van der Waals surface area contributed by atoms with Crippen LogP contribution < -0.4 is 5.56 Å². The van der Waals surface area contributed by atoms with Crippen molar-refractivity contribution in [3.05, 3.63) is 38.7 Å². The summed E-state index contributed by atoms with van der Waals surface area (Å²) in [5, 5.41) is 14.2. The van der Waals surface area contributed by atoms with Crippen molar-refractivity contribution in [3.63, 3.8) is 0 Å². The number of methoxy groups -OCH3 is 1.